The summed E-state index contributed by atoms with van der Waals surface area (Å²) in [6.45, 7) is 4.88. The highest BCUT2D eigenvalue weighted by molar-refractivity contribution is 5.83. The molecule has 2 N–H and O–H groups in total. The first-order valence-electron chi connectivity index (χ1n) is 6.41. The predicted octanol–water partition coefficient (Wildman–Crippen LogP) is 1.03. The predicted molar refractivity (Wildman–Crippen MR) is 73.8 cm³/mol. The molecule has 2 rings (SSSR count). The summed E-state index contributed by atoms with van der Waals surface area (Å²) < 4.78 is 0. The van der Waals surface area contributed by atoms with Crippen LogP contribution in [0, 0.1) is 0 Å². The van der Waals surface area contributed by atoms with Crippen LogP contribution in [0.4, 0.5) is 5.69 Å². The van der Waals surface area contributed by atoms with Crippen molar-refractivity contribution in [2.75, 3.05) is 38.1 Å². The van der Waals surface area contributed by atoms with Gasteiger partial charge in [0.05, 0.1) is 6.54 Å². The van der Waals surface area contributed by atoms with Gasteiger partial charge in [-0.3, -0.25) is 4.79 Å². The molecule has 98 valence electrons. The Morgan fingerprint density at radius 3 is 2.72 bits per heavy atom. The van der Waals surface area contributed by atoms with Gasteiger partial charge >= 0.3 is 0 Å². The second-order valence-corrected chi connectivity index (χ2v) is 4.93. The van der Waals surface area contributed by atoms with Crippen LogP contribution in [0.1, 0.15) is 18.4 Å². The Morgan fingerprint density at radius 1 is 1.33 bits per heavy atom. The van der Waals surface area contributed by atoms with Gasteiger partial charge in [0, 0.05) is 25.8 Å². The van der Waals surface area contributed by atoms with E-state index in [4.69, 9.17) is 5.73 Å². The Kier molecular flexibility index (Phi) is 3.87. The number of likely N-dealkylation sites (N-methyl/N-ethyl adjacent to an activating group) is 1. The van der Waals surface area contributed by atoms with Crippen molar-refractivity contribution in [2.45, 2.75) is 12.8 Å². The summed E-state index contributed by atoms with van der Waals surface area (Å²) in [6, 6.07) is 8.24. The van der Waals surface area contributed by atoms with E-state index in [1.54, 1.807) is 4.90 Å². The lowest BCUT2D eigenvalue weighted by Gasteiger charge is -2.35. The minimum Gasteiger partial charge on any atom is -0.360 e. The highest BCUT2D eigenvalue weighted by Gasteiger charge is 2.23. The zero-order valence-corrected chi connectivity index (χ0v) is 11.1. The standard InChI is InChI=1S/C14H21N3O/c1-11(9-15)12-5-3-4-6-13(12)17-8-7-16(2)14(18)10-17/h3-6,11H,7-10,15H2,1-2H3. The Morgan fingerprint density at radius 2 is 2.06 bits per heavy atom. The first-order valence-corrected chi connectivity index (χ1v) is 6.41. The number of carbonyl (C=O) groups is 1. The lowest BCUT2D eigenvalue weighted by atomic mass is 9.98. The minimum atomic E-state index is 0.177. The number of carbonyl (C=O) groups excluding carboxylic acids is 1. The van der Waals surface area contributed by atoms with Crippen molar-refractivity contribution in [3.8, 4) is 0 Å². The van der Waals surface area contributed by atoms with Gasteiger partial charge in [0.15, 0.2) is 0 Å². The lowest BCUT2D eigenvalue weighted by Crippen LogP contribution is -2.48. The molecule has 1 amide bonds. The number of amides is 1. The normalized spacial score (nSPS) is 18.1. The van der Waals surface area contributed by atoms with Crippen molar-refractivity contribution in [2.24, 2.45) is 5.73 Å². The van der Waals surface area contributed by atoms with Crippen LogP contribution in [0.3, 0.4) is 0 Å². The molecule has 1 heterocycles. The van der Waals surface area contributed by atoms with Crippen molar-refractivity contribution in [3.63, 3.8) is 0 Å². The van der Waals surface area contributed by atoms with Crippen LogP contribution < -0.4 is 10.6 Å². The van der Waals surface area contributed by atoms with E-state index in [1.165, 1.54) is 5.56 Å². The van der Waals surface area contributed by atoms with Crippen molar-refractivity contribution >= 4 is 11.6 Å². The number of rotatable bonds is 3. The fraction of sp³-hybridized carbons (Fsp3) is 0.500. The fourth-order valence-electron chi connectivity index (χ4n) is 2.28. The van der Waals surface area contributed by atoms with Gasteiger partial charge in [-0.25, -0.2) is 0 Å². The van der Waals surface area contributed by atoms with Crippen LogP contribution in [0.25, 0.3) is 0 Å². The quantitative estimate of drug-likeness (QED) is 0.868. The van der Waals surface area contributed by atoms with E-state index in [1.807, 2.05) is 19.2 Å². The molecule has 1 aromatic carbocycles. The molecule has 0 bridgehead atoms. The van der Waals surface area contributed by atoms with Gasteiger partial charge in [-0.2, -0.15) is 0 Å². The number of hydrogen-bond donors (Lipinski definition) is 1. The summed E-state index contributed by atoms with van der Waals surface area (Å²) in [4.78, 5) is 15.7. The van der Waals surface area contributed by atoms with Crippen LogP contribution in [-0.2, 0) is 4.79 Å². The molecule has 18 heavy (non-hydrogen) atoms. The molecular weight excluding hydrogens is 226 g/mol. The summed E-state index contributed by atoms with van der Waals surface area (Å²) in [7, 11) is 1.86. The monoisotopic (exact) mass is 247 g/mol. The molecule has 0 radical (unpaired) electrons. The Labute approximate surface area is 108 Å². The average molecular weight is 247 g/mol. The van der Waals surface area contributed by atoms with Gasteiger partial charge < -0.3 is 15.5 Å². The number of piperazine rings is 1. The number of hydrogen-bond acceptors (Lipinski definition) is 3. The van der Waals surface area contributed by atoms with Crippen molar-refractivity contribution in [1.82, 2.24) is 4.90 Å². The largest absolute Gasteiger partial charge is 0.360 e. The van der Waals surface area contributed by atoms with E-state index >= 15 is 0 Å². The lowest BCUT2D eigenvalue weighted by molar-refractivity contribution is -0.129. The maximum atomic E-state index is 11.8. The van der Waals surface area contributed by atoms with E-state index in [0.29, 0.717) is 19.0 Å². The highest BCUT2D eigenvalue weighted by Crippen LogP contribution is 2.27. The molecule has 0 saturated carbocycles. The third-order valence-corrected chi connectivity index (χ3v) is 3.62. The number of benzene rings is 1. The Bertz CT molecular complexity index is 433. The molecule has 1 aromatic rings. The van der Waals surface area contributed by atoms with Crippen LogP contribution in [0.5, 0.6) is 0 Å². The number of nitrogens with two attached hydrogens (primary N) is 1. The van der Waals surface area contributed by atoms with Gasteiger partial charge in [-0.1, -0.05) is 25.1 Å². The van der Waals surface area contributed by atoms with Gasteiger partial charge in [-0.15, -0.1) is 0 Å². The molecule has 1 aliphatic rings. The van der Waals surface area contributed by atoms with E-state index in [0.717, 1.165) is 18.8 Å². The molecule has 4 heteroatoms. The number of nitrogens with zero attached hydrogens (tertiary/aromatic N) is 2. The molecule has 1 unspecified atom stereocenters. The zero-order valence-electron chi connectivity index (χ0n) is 11.1. The third kappa shape index (κ3) is 2.48. The van der Waals surface area contributed by atoms with Crippen LogP contribution >= 0.6 is 0 Å². The van der Waals surface area contributed by atoms with Gasteiger partial charge in [0.25, 0.3) is 0 Å². The van der Waals surface area contributed by atoms with E-state index in [-0.39, 0.29) is 5.91 Å². The second kappa shape index (κ2) is 5.40. The smallest absolute Gasteiger partial charge is 0.241 e. The molecule has 1 saturated heterocycles. The average Bonchev–Trinajstić information content (AvgIpc) is 2.41. The van der Waals surface area contributed by atoms with Crippen LogP contribution in [0.2, 0.25) is 0 Å². The number of para-hydroxylation sites is 1. The molecule has 1 fully saturated rings. The summed E-state index contributed by atoms with van der Waals surface area (Å²) in [5, 5.41) is 0. The van der Waals surface area contributed by atoms with E-state index in [2.05, 4.69) is 24.0 Å². The van der Waals surface area contributed by atoms with Gasteiger partial charge in [0.2, 0.25) is 5.91 Å². The number of anilines is 1. The topological polar surface area (TPSA) is 49.6 Å². The summed E-state index contributed by atoms with van der Waals surface area (Å²) >= 11 is 0. The maximum absolute atomic E-state index is 11.8. The molecule has 4 nitrogen and oxygen atoms in total. The van der Waals surface area contributed by atoms with E-state index < -0.39 is 0 Å². The summed E-state index contributed by atoms with van der Waals surface area (Å²) in [5.41, 5.74) is 8.14. The molecule has 1 aliphatic heterocycles. The molecule has 1 atom stereocenters. The van der Waals surface area contributed by atoms with E-state index in [9.17, 15) is 4.79 Å². The Balaban J connectivity index is 2.25. The zero-order chi connectivity index (χ0) is 13.1. The summed E-state index contributed by atoms with van der Waals surface area (Å²) in [6.07, 6.45) is 0. The van der Waals surface area contributed by atoms with Gasteiger partial charge in [-0.05, 0) is 24.1 Å². The van der Waals surface area contributed by atoms with Crippen molar-refractivity contribution < 1.29 is 4.79 Å². The first-order chi connectivity index (χ1) is 8.63. The fourth-order valence-corrected chi connectivity index (χ4v) is 2.28. The Hall–Kier alpha value is -1.55. The van der Waals surface area contributed by atoms with Crippen LogP contribution in [-0.4, -0.2) is 44.0 Å². The SMILES string of the molecule is CC(CN)c1ccccc1N1CCN(C)C(=O)C1. The molecule has 0 aliphatic carbocycles. The molecular formula is C14H21N3O. The van der Waals surface area contributed by atoms with Crippen molar-refractivity contribution in [3.05, 3.63) is 29.8 Å². The first kappa shape index (κ1) is 12.9. The third-order valence-electron chi connectivity index (χ3n) is 3.62. The second-order valence-electron chi connectivity index (χ2n) is 4.93. The molecule has 0 aromatic heterocycles. The van der Waals surface area contributed by atoms with Crippen LogP contribution in [0.15, 0.2) is 24.3 Å². The van der Waals surface area contributed by atoms with Gasteiger partial charge in [0.1, 0.15) is 0 Å². The maximum Gasteiger partial charge on any atom is 0.241 e. The van der Waals surface area contributed by atoms with Crippen molar-refractivity contribution in [1.29, 1.82) is 0 Å². The minimum absolute atomic E-state index is 0.177. The highest BCUT2D eigenvalue weighted by atomic mass is 16.2. The summed E-state index contributed by atoms with van der Waals surface area (Å²) in [5.74, 6) is 0.493. The molecule has 0 spiro atoms.